The Morgan fingerprint density at radius 1 is 1.44 bits per heavy atom. The van der Waals surface area contributed by atoms with Crippen LogP contribution in [0, 0.1) is 11.7 Å². The van der Waals surface area contributed by atoms with Crippen LogP contribution >= 0.6 is 0 Å². The molecular weight excluding hydrogens is 235 g/mol. The van der Waals surface area contributed by atoms with Crippen molar-refractivity contribution in [1.29, 1.82) is 0 Å². The van der Waals surface area contributed by atoms with E-state index < -0.39 is 5.82 Å². The summed E-state index contributed by atoms with van der Waals surface area (Å²) in [5.41, 5.74) is 0.258. The lowest BCUT2D eigenvalue weighted by Crippen LogP contribution is -2.32. The zero-order valence-corrected chi connectivity index (χ0v) is 10.9. The molecule has 1 amide bonds. The summed E-state index contributed by atoms with van der Waals surface area (Å²) in [5.74, 6) is 0.363. The van der Waals surface area contributed by atoms with Crippen LogP contribution in [0.4, 0.5) is 10.1 Å². The molecule has 1 aromatic rings. The highest BCUT2D eigenvalue weighted by atomic mass is 19.1. The maximum Gasteiger partial charge on any atom is 0.239 e. The number of anilines is 1. The average Bonchev–Trinajstić information content (AvgIpc) is 2.35. The van der Waals surface area contributed by atoms with Gasteiger partial charge in [-0.05, 0) is 18.1 Å². The molecular formula is C13H19FN2O2. The first kappa shape index (κ1) is 14.3. The van der Waals surface area contributed by atoms with Crippen LogP contribution in [-0.4, -0.2) is 26.1 Å². The number of benzene rings is 1. The first-order valence-electron chi connectivity index (χ1n) is 5.87. The third kappa shape index (κ3) is 4.61. The molecule has 0 aliphatic carbocycles. The maximum atomic E-state index is 13.4. The zero-order valence-electron chi connectivity index (χ0n) is 10.9. The van der Waals surface area contributed by atoms with Gasteiger partial charge in [-0.3, -0.25) is 4.79 Å². The third-order valence-corrected chi connectivity index (χ3v) is 2.32. The largest absolute Gasteiger partial charge is 0.497 e. The Bertz CT molecular complexity index is 408. The Hall–Kier alpha value is -1.78. The van der Waals surface area contributed by atoms with Gasteiger partial charge in [0.15, 0.2) is 0 Å². The quantitative estimate of drug-likeness (QED) is 0.816. The molecule has 1 rings (SSSR count). The number of amides is 1. The smallest absolute Gasteiger partial charge is 0.239 e. The summed E-state index contributed by atoms with van der Waals surface area (Å²) in [6.07, 6.45) is 0. The summed E-state index contributed by atoms with van der Waals surface area (Å²) >= 11 is 0. The summed E-state index contributed by atoms with van der Waals surface area (Å²) in [6.45, 7) is 4.67. The molecule has 0 aromatic heterocycles. The third-order valence-electron chi connectivity index (χ3n) is 2.32. The average molecular weight is 254 g/mol. The van der Waals surface area contributed by atoms with Crippen LogP contribution < -0.4 is 15.4 Å². The van der Waals surface area contributed by atoms with Crippen molar-refractivity contribution < 1.29 is 13.9 Å². The number of rotatable bonds is 6. The summed E-state index contributed by atoms with van der Waals surface area (Å²) in [6, 6.07) is 4.34. The van der Waals surface area contributed by atoms with E-state index in [0.717, 1.165) is 0 Å². The predicted molar refractivity (Wildman–Crippen MR) is 69.3 cm³/mol. The maximum absolute atomic E-state index is 13.4. The van der Waals surface area contributed by atoms with Gasteiger partial charge in [-0.1, -0.05) is 13.8 Å². The van der Waals surface area contributed by atoms with Gasteiger partial charge in [0.25, 0.3) is 0 Å². The minimum absolute atomic E-state index is 0.0385. The molecule has 0 aliphatic rings. The van der Waals surface area contributed by atoms with E-state index in [1.807, 2.05) is 13.8 Å². The molecule has 5 heteroatoms. The molecule has 0 saturated carbocycles. The number of ether oxygens (including phenoxy) is 1. The lowest BCUT2D eigenvalue weighted by Gasteiger charge is -2.10. The fraction of sp³-hybridized carbons (Fsp3) is 0.462. The van der Waals surface area contributed by atoms with Gasteiger partial charge >= 0.3 is 0 Å². The van der Waals surface area contributed by atoms with Crippen LogP contribution in [0.3, 0.4) is 0 Å². The van der Waals surface area contributed by atoms with E-state index >= 15 is 0 Å². The molecule has 1 aromatic carbocycles. The topological polar surface area (TPSA) is 50.4 Å². The summed E-state index contributed by atoms with van der Waals surface area (Å²) in [5, 5.41) is 5.49. The second-order valence-corrected chi connectivity index (χ2v) is 4.40. The van der Waals surface area contributed by atoms with Crippen molar-refractivity contribution in [2.45, 2.75) is 13.8 Å². The highest BCUT2D eigenvalue weighted by molar-refractivity contribution is 5.80. The molecule has 0 bridgehead atoms. The molecule has 4 nitrogen and oxygen atoms in total. The molecule has 100 valence electrons. The molecule has 18 heavy (non-hydrogen) atoms. The summed E-state index contributed by atoms with van der Waals surface area (Å²) < 4.78 is 18.4. The fourth-order valence-corrected chi connectivity index (χ4v) is 1.32. The molecule has 0 atom stereocenters. The monoisotopic (exact) mass is 254 g/mol. The number of methoxy groups -OCH3 is 1. The minimum atomic E-state index is -0.410. The second kappa shape index (κ2) is 6.83. The van der Waals surface area contributed by atoms with Gasteiger partial charge in [0.2, 0.25) is 5.91 Å². The van der Waals surface area contributed by atoms with Crippen molar-refractivity contribution in [3.05, 3.63) is 24.0 Å². The fourth-order valence-electron chi connectivity index (χ4n) is 1.32. The van der Waals surface area contributed by atoms with Crippen LogP contribution in [0.2, 0.25) is 0 Å². The van der Waals surface area contributed by atoms with E-state index in [2.05, 4.69) is 10.6 Å². The Morgan fingerprint density at radius 3 is 2.78 bits per heavy atom. The van der Waals surface area contributed by atoms with Gasteiger partial charge in [0.1, 0.15) is 11.6 Å². The SMILES string of the molecule is COc1ccc(F)c(NCC(=O)NCC(C)C)c1. The van der Waals surface area contributed by atoms with E-state index in [1.165, 1.54) is 25.3 Å². The van der Waals surface area contributed by atoms with Gasteiger partial charge < -0.3 is 15.4 Å². The van der Waals surface area contributed by atoms with Crippen LogP contribution in [0.1, 0.15) is 13.8 Å². The number of hydrogen-bond donors (Lipinski definition) is 2. The van der Waals surface area contributed by atoms with E-state index in [9.17, 15) is 9.18 Å². The van der Waals surface area contributed by atoms with Crippen molar-refractivity contribution >= 4 is 11.6 Å². The van der Waals surface area contributed by atoms with E-state index in [4.69, 9.17) is 4.74 Å². The van der Waals surface area contributed by atoms with Gasteiger partial charge in [-0.15, -0.1) is 0 Å². The van der Waals surface area contributed by atoms with Gasteiger partial charge in [-0.25, -0.2) is 4.39 Å². The number of hydrogen-bond acceptors (Lipinski definition) is 3. The summed E-state index contributed by atoms with van der Waals surface area (Å²) in [4.78, 5) is 11.5. The molecule has 0 spiro atoms. The molecule has 2 N–H and O–H groups in total. The van der Waals surface area contributed by atoms with Crippen LogP contribution in [-0.2, 0) is 4.79 Å². The van der Waals surface area contributed by atoms with E-state index in [0.29, 0.717) is 18.2 Å². The second-order valence-electron chi connectivity index (χ2n) is 4.40. The van der Waals surface area contributed by atoms with Crippen LogP contribution in [0.15, 0.2) is 18.2 Å². The Morgan fingerprint density at radius 2 is 2.17 bits per heavy atom. The predicted octanol–water partition coefficient (Wildman–Crippen LogP) is 2.02. The first-order valence-corrected chi connectivity index (χ1v) is 5.87. The van der Waals surface area contributed by atoms with E-state index in [1.54, 1.807) is 0 Å². The highest BCUT2D eigenvalue weighted by Gasteiger charge is 2.06. The highest BCUT2D eigenvalue weighted by Crippen LogP contribution is 2.20. The first-order chi connectivity index (χ1) is 8.52. The molecule has 0 fully saturated rings. The van der Waals surface area contributed by atoms with Crippen molar-refractivity contribution in [2.24, 2.45) is 5.92 Å². The van der Waals surface area contributed by atoms with Crippen molar-refractivity contribution in [2.75, 3.05) is 25.5 Å². The van der Waals surface area contributed by atoms with Crippen LogP contribution in [0.25, 0.3) is 0 Å². The van der Waals surface area contributed by atoms with Gasteiger partial charge in [-0.2, -0.15) is 0 Å². The number of carbonyl (C=O) groups is 1. The van der Waals surface area contributed by atoms with Crippen LogP contribution in [0.5, 0.6) is 5.75 Å². The lowest BCUT2D eigenvalue weighted by molar-refractivity contribution is -0.119. The van der Waals surface area contributed by atoms with Gasteiger partial charge in [0.05, 0.1) is 19.3 Å². The number of halogens is 1. The molecule has 0 saturated heterocycles. The number of nitrogens with one attached hydrogen (secondary N) is 2. The van der Waals surface area contributed by atoms with Crippen molar-refractivity contribution in [1.82, 2.24) is 5.32 Å². The zero-order chi connectivity index (χ0) is 13.5. The number of carbonyl (C=O) groups excluding carboxylic acids is 1. The molecule has 0 aliphatic heterocycles. The van der Waals surface area contributed by atoms with Gasteiger partial charge in [0, 0.05) is 12.6 Å². The van der Waals surface area contributed by atoms with Crippen molar-refractivity contribution in [3.63, 3.8) is 0 Å². The molecule has 0 heterocycles. The van der Waals surface area contributed by atoms with E-state index in [-0.39, 0.29) is 18.1 Å². The molecule has 0 radical (unpaired) electrons. The standard InChI is InChI=1S/C13H19FN2O2/c1-9(2)7-16-13(17)8-15-12-6-10(18-3)4-5-11(12)14/h4-6,9,15H,7-8H2,1-3H3,(H,16,17). The Labute approximate surface area is 107 Å². The Balaban J connectivity index is 2.50. The lowest BCUT2D eigenvalue weighted by atomic mass is 10.2. The minimum Gasteiger partial charge on any atom is -0.497 e. The normalized spacial score (nSPS) is 10.3. The molecule has 0 unspecified atom stereocenters. The van der Waals surface area contributed by atoms with Crippen molar-refractivity contribution in [3.8, 4) is 5.75 Å². The summed E-state index contributed by atoms with van der Waals surface area (Å²) in [7, 11) is 1.51. The Kier molecular flexibility index (Phi) is 5.42.